The van der Waals surface area contributed by atoms with E-state index in [1.807, 2.05) is 48.5 Å². The lowest BCUT2D eigenvalue weighted by Gasteiger charge is -2.35. The molecule has 0 aliphatic rings. The van der Waals surface area contributed by atoms with Crippen LogP contribution in [0.15, 0.2) is 60.7 Å². The molecular formula is C19H23NO. The van der Waals surface area contributed by atoms with Crippen molar-refractivity contribution in [3.05, 3.63) is 71.8 Å². The Morgan fingerprint density at radius 1 is 1.00 bits per heavy atom. The van der Waals surface area contributed by atoms with Crippen molar-refractivity contribution < 1.29 is 4.79 Å². The Morgan fingerprint density at radius 2 is 1.52 bits per heavy atom. The highest BCUT2D eigenvalue weighted by Crippen LogP contribution is 2.36. The smallest absolute Gasteiger partial charge is 0.228 e. The number of amides is 1. The van der Waals surface area contributed by atoms with Crippen molar-refractivity contribution in [2.45, 2.75) is 32.1 Å². The first-order valence-corrected chi connectivity index (χ1v) is 7.46. The first-order chi connectivity index (χ1) is 10.1. The van der Waals surface area contributed by atoms with Crippen LogP contribution in [-0.2, 0) is 16.6 Å². The molecule has 110 valence electrons. The van der Waals surface area contributed by atoms with E-state index in [0.717, 1.165) is 18.4 Å². The number of benzene rings is 2. The monoisotopic (exact) mass is 281 g/mol. The molecule has 0 saturated carbocycles. The molecule has 0 heterocycles. The van der Waals surface area contributed by atoms with Gasteiger partial charge < -0.3 is 5.73 Å². The summed E-state index contributed by atoms with van der Waals surface area (Å²) in [5, 5.41) is 0. The van der Waals surface area contributed by atoms with Gasteiger partial charge in [0, 0.05) is 0 Å². The summed E-state index contributed by atoms with van der Waals surface area (Å²) in [5.74, 6) is -0.0826. The Morgan fingerprint density at radius 3 is 2.00 bits per heavy atom. The van der Waals surface area contributed by atoms with Gasteiger partial charge in [-0.05, 0) is 29.9 Å². The number of hydrogen-bond acceptors (Lipinski definition) is 1. The third-order valence-electron chi connectivity index (χ3n) is 4.37. The average Bonchev–Trinajstić information content (AvgIpc) is 2.49. The fourth-order valence-corrected chi connectivity index (χ4v) is 3.04. The zero-order valence-corrected chi connectivity index (χ0v) is 12.8. The van der Waals surface area contributed by atoms with Gasteiger partial charge in [-0.25, -0.2) is 0 Å². The zero-order valence-electron chi connectivity index (χ0n) is 12.8. The van der Waals surface area contributed by atoms with Gasteiger partial charge in [0.2, 0.25) is 5.91 Å². The van der Waals surface area contributed by atoms with Gasteiger partial charge in [0.1, 0.15) is 0 Å². The highest BCUT2D eigenvalue weighted by molar-refractivity contribution is 5.87. The van der Waals surface area contributed by atoms with Crippen LogP contribution in [0.2, 0.25) is 0 Å². The van der Waals surface area contributed by atoms with Crippen molar-refractivity contribution in [2.75, 3.05) is 0 Å². The number of rotatable bonds is 6. The van der Waals surface area contributed by atoms with Crippen LogP contribution in [0.4, 0.5) is 0 Å². The van der Waals surface area contributed by atoms with E-state index < -0.39 is 5.41 Å². The van der Waals surface area contributed by atoms with Gasteiger partial charge in [-0.2, -0.15) is 0 Å². The SMILES string of the molecule is CC(C)C(CCc1ccccc1)(C(N)=O)c1ccccc1. The van der Waals surface area contributed by atoms with Crippen LogP contribution in [0, 0.1) is 5.92 Å². The molecule has 2 aromatic rings. The first-order valence-electron chi connectivity index (χ1n) is 7.46. The number of nitrogens with two attached hydrogens (primary N) is 1. The van der Waals surface area contributed by atoms with E-state index in [4.69, 9.17) is 5.73 Å². The molecule has 0 spiro atoms. The second-order valence-corrected chi connectivity index (χ2v) is 5.84. The summed E-state index contributed by atoms with van der Waals surface area (Å²) in [7, 11) is 0. The molecule has 2 N–H and O–H groups in total. The van der Waals surface area contributed by atoms with Crippen LogP contribution in [0.5, 0.6) is 0 Å². The highest BCUT2D eigenvalue weighted by atomic mass is 16.1. The Labute approximate surface area is 127 Å². The number of carbonyl (C=O) groups excluding carboxylic acids is 1. The van der Waals surface area contributed by atoms with Crippen molar-refractivity contribution in [1.29, 1.82) is 0 Å². The predicted octanol–water partition coefficient (Wildman–Crippen LogP) is 3.70. The largest absolute Gasteiger partial charge is 0.369 e. The van der Waals surface area contributed by atoms with Gasteiger partial charge in [0.25, 0.3) is 0 Å². The van der Waals surface area contributed by atoms with E-state index in [2.05, 4.69) is 26.0 Å². The average molecular weight is 281 g/mol. The van der Waals surface area contributed by atoms with Gasteiger partial charge >= 0.3 is 0 Å². The normalized spacial score (nSPS) is 13.9. The van der Waals surface area contributed by atoms with Gasteiger partial charge in [-0.3, -0.25) is 4.79 Å². The lowest BCUT2D eigenvalue weighted by molar-refractivity contribution is -0.125. The fourth-order valence-electron chi connectivity index (χ4n) is 3.04. The summed E-state index contributed by atoms with van der Waals surface area (Å²) >= 11 is 0. The molecule has 0 aromatic heterocycles. The van der Waals surface area contributed by atoms with Crippen LogP contribution in [0.1, 0.15) is 31.4 Å². The van der Waals surface area contributed by atoms with Gasteiger partial charge in [0.15, 0.2) is 0 Å². The molecule has 0 aliphatic carbocycles. The topological polar surface area (TPSA) is 43.1 Å². The van der Waals surface area contributed by atoms with Crippen molar-refractivity contribution in [2.24, 2.45) is 11.7 Å². The van der Waals surface area contributed by atoms with Crippen molar-refractivity contribution in [1.82, 2.24) is 0 Å². The van der Waals surface area contributed by atoms with E-state index in [1.165, 1.54) is 5.56 Å². The van der Waals surface area contributed by atoms with E-state index in [-0.39, 0.29) is 11.8 Å². The zero-order chi connectivity index (χ0) is 15.3. The molecule has 0 bridgehead atoms. The quantitative estimate of drug-likeness (QED) is 0.862. The van der Waals surface area contributed by atoms with Crippen LogP contribution < -0.4 is 5.73 Å². The Balaban J connectivity index is 2.34. The summed E-state index contributed by atoms with van der Waals surface area (Å²) in [5.41, 5.74) is 7.47. The maximum atomic E-state index is 12.3. The molecule has 2 nitrogen and oxygen atoms in total. The third-order valence-corrected chi connectivity index (χ3v) is 4.37. The highest BCUT2D eigenvalue weighted by Gasteiger charge is 2.41. The van der Waals surface area contributed by atoms with Gasteiger partial charge in [-0.1, -0.05) is 74.5 Å². The Kier molecular flexibility index (Phi) is 4.79. The van der Waals surface area contributed by atoms with Crippen molar-refractivity contribution in [3.8, 4) is 0 Å². The predicted molar refractivity (Wildman–Crippen MR) is 86.9 cm³/mol. The second-order valence-electron chi connectivity index (χ2n) is 5.84. The molecule has 1 amide bonds. The van der Waals surface area contributed by atoms with Crippen LogP contribution >= 0.6 is 0 Å². The Bertz CT molecular complexity index is 577. The molecular weight excluding hydrogens is 258 g/mol. The van der Waals surface area contributed by atoms with Crippen LogP contribution in [0.3, 0.4) is 0 Å². The van der Waals surface area contributed by atoms with E-state index in [1.54, 1.807) is 0 Å². The number of primary amides is 1. The molecule has 1 unspecified atom stereocenters. The van der Waals surface area contributed by atoms with E-state index in [9.17, 15) is 4.79 Å². The number of aryl methyl sites for hydroxylation is 1. The Hall–Kier alpha value is -2.09. The van der Waals surface area contributed by atoms with Crippen molar-refractivity contribution >= 4 is 5.91 Å². The van der Waals surface area contributed by atoms with Crippen LogP contribution in [-0.4, -0.2) is 5.91 Å². The minimum atomic E-state index is -0.614. The standard InChI is InChI=1S/C19H23NO/c1-15(2)19(18(20)21,17-11-7-4-8-12-17)14-13-16-9-5-3-6-10-16/h3-12,15H,13-14H2,1-2H3,(H2,20,21). The minimum absolute atomic E-state index is 0.154. The number of hydrogen-bond donors (Lipinski definition) is 1. The van der Waals surface area contributed by atoms with Crippen LogP contribution in [0.25, 0.3) is 0 Å². The van der Waals surface area contributed by atoms with E-state index >= 15 is 0 Å². The second kappa shape index (κ2) is 6.57. The molecule has 0 aliphatic heterocycles. The molecule has 2 heteroatoms. The summed E-state index contributed by atoms with van der Waals surface area (Å²) < 4.78 is 0. The summed E-state index contributed by atoms with van der Waals surface area (Å²) in [6.45, 7) is 4.14. The third kappa shape index (κ3) is 3.15. The maximum Gasteiger partial charge on any atom is 0.228 e. The van der Waals surface area contributed by atoms with Crippen molar-refractivity contribution in [3.63, 3.8) is 0 Å². The lowest BCUT2D eigenvalue weighted by atomic mass is 9.67. The van der Waals surface area contributed by atoms with Gasteiger partial charge in [0.05, 0.1) is 5.41 Å². The molecule has 2 aromatic carbocycles. The van der Waals surface area contributed by atoms with E-state index in [0.29, 0.717) is 0 Å². The maximum absolute atomic E-state index is 12.3. The molecule has 2 rings (SSSR count). The molecule has 21 heavy (non-hydrogen) atoms. The minimum Gasteiger partial charge on any atom is -0.369 e. The van der Waals surface area contributed by atoms with Gasteiger partial charge in [-0.15, -0.1) is 0 Å². The first kappa shape index (κ1) is 15.3. The lowest BCUT2D eigenvalue weighted by Crippen LogP contribution is -2.46. The summed E-state index contributed by atoms with van der Waals surface area (Å²) in [4.78, 5) is 12.3. The molecule has 0 fully saturated rings. The summed E-state index contributed by atoms with van der Waals surface area (Å²) in [6.07, 6.45) is 1.57. The number of carbonyl (C=O) groups is 1. The molecule has 1 atom stereocenters. The summed E-state index contributed by atoms with van der Waals surface area (Å²) in [6, 6.07) is 20.2. The molecule has 0 radical (unpaired) electrons. The fraction of sp³-hybridized carbons (Fsp3) is 0.316. The molecule has 0 saturated heterocycles.